The Balaban J connectivity index is 1.73. The van der Waals surface area contributed by atoms with Crippen molar-refractivity contribution in [3.05, 3.63) is 29.3 Å². The lowest BCUT2D eigenvalue weighted by atomic mass is 9.57. The molecule has 0 aromatic heterocycles. The first-order valence-electron chi connectivity index (χ1n) is 8.90. The molecule has 3 heteroatoms. The minimum Gasteiger partial charge on any atom is -0.504 e. The predicted molar refractivity (Wildman–Crippen MR) is 90.6 cm³/mol. The molecule has 0 amide bonds. The molecule has 0 bridgehead atoms. The Morgan fingerprint density at radius 1 is 1.26 bits per heavy atom. The van der Waals surface area contributed by atoms with Crippen molar-refractivity contribution in [2.75, 3.05) is 6.61 Å². The number of benzene rings is 1. The van der Waals surface area contributed by atoms with Crippen LogP contribution in [0.15, 0.2) is 18.2 Å². The summed E-state index contributed by atoms with van der Waals surface area (Å²) in [6.45, 7) is 4.77. The van der Waals surface area contributed by atoms with Gasteiger partial charge in [0.2, 0.25) is 0 Å². The number of allylic oxidation sites excluding steroid dienone is 1. The molecule has 1 aromatic rings. The summed E-state index contributed by atoms with van der Waals surface area (Å²) in [5.74, 6) is 2.37. The van der Waals surface area contributed by atoms with Crippen LogP contribution in [0.5, 0.6) is 11.5 Å². The molecule has 23 heavy (non-hydrogen) atoms. The summed E-state index contributed by atoms with van der Waals surface area (Å²) >= 11 is 0. The number of phenols is 1. The van der Waals surface area contributed by atoms with Crippen LogP contribution >= 0.6 is 0 Å². The fourth-order valence-corrected chi connectivity index (χ4v) is 5.35. The zero-order valence-corrected chi connectivity index (χ0v) is 14.0. The van der Waals surface area contributed by atoms with Crippen molar-refractivity contribution >= 4 is 6.08 Å². The number of aromatic hydroxyl groups is 1. The van der Waals surface area contributed by atoms with Crippen LogP contribution in [0.4, 0.5) is 0 Å². The van der Waals surface area contributed by atoms with Crippen LogP contribution in [0, 0.1) is 17.3 Å². The molecule has 3 aliphatic rings. The van der Waals surface area contributed by atoms with Crippen molar-refractivity contribution in [3.8, 4) is 11.5 Å². The highest BCUT2D eigenvalue weighted by Crippen LogP contribution is 2.60. The van der Waals surface area contributed by atoms with Gasteiger partial charge in [0.15, 0.2) is 11.5 Å². The van der Waals surface area contributed by atoms with Gasteiger partial charge in [-0.1, -0.05) is 19.1 Å². The number of fused-ring (bicyclic) bond motifs is 5. The van der Waals surface area contributed by atoms with Crippen LogP contribution in [-0.2, 0) is 0 Å². The van der Waals surface area contributed by atoms with Gasteiger partial charge in [-0.2, -0.15) is 0 Å². The van der Waals surface area contributed by atoms with Gasteiger partial charge in [-0.3, -0.25) is 0 Å². The Kier molecular flexibility index (Phi) is 3.45. The number of hydrogen-bond donors (Lipinski definition) is 2. The average Bonchev–Trinajstić information content (AvgIpc) is 2.84. The Bertz CT molecular complexity index is 651. The number of hydrogen-bond acceptors (Lipinski definition) is 3. The second kappa shape index (κ2) is 5.27. The molecule has 2 saturated carbocycles. The lowest BCUT2D eigenvalue weighted by molar-refractivity contribution is -0.00799. The monoisotopic (exact) mass is 314 g/mol. The Morgan fingerprint density at radius 2 is 2.09 bits per heavy atom. The van der Waals surface area contributed by atoms with Gasteiger partial charge >= 0.3 is 0 Å². The van der Waals surface area contributed by atoms with E-state index in [2.05, 4.69) is 19.1 Å². The minimum absolute atomic E-state index is 0.0721. The van der Waals surface area contributed by atoms with Crippen molar-refractivity contribution in [1.82, 2.24) is 0 Å². The van der Waals surface area contributed by atoms with Crippen molar-refractivity contribution in [2.24, 2.45) is 17.3 Å². The molecule has 0 heterocycles. The third-order valence-electron chi connectivity index (χ3n) is 6.64. The second-order valence-electron chi connectivity index (χ2n) is 7.67. The van der Waals surface area contributed by atoms with Gasteiger partial charge in [-0.25, -0.2) is 0 Å². The zero-order valence-electron chi connectivity index (χ0n) is 14.0. The molecule has 124 valence electrons. The zero-order chi connectivity index (χ0) is 16.2. The summed E-state index contributed by atoms with van der Waals surface area (Å²) < 4.78 is 5.59. The van der Waals surface area contributed by atoms with E-state index in [0.29, 0.717) is 30.1 Å². The molecule has 0 radical (unpaired) electrons. The molecule has 2 fully saturated rings. The normalized spacial score (nSPS) is 37.9. The van der Waals surface area contributed by atoms with E-state index in [1.165, 1.54) is 5.56 Å². The van der Waals surface area contributed by atoms with Gasteiger partial charge in [0.25, 0.3) is 0 Å². The van der Waals surface area contributed by atoms with Crippen LogP contribution in [0.3, 0.4) is 0 Å². The molecule has 0 saturated heterocycles. The topological polar surface area (TPSA) is 49.7 Å². The summed E-state index contributed by atoms with van der Waals surface area (Å²) in [6.07, 6.45) is 8.57. The summed E-state index contributed by atoms with van der Waals surface area (Å²) in [4.78, 5) is 0. The first kappa shape index (κ1) is 15.1. The van der Waals surface area contributed by atoms with Gasteiger partial charge in [0.05, 0.1) is 12.7 Å². The SMILES string of the molecule is CCOc1cc2c(cc1O)C=CC1C2CC[C@@]2(C)C1CC[C@@H]2O. The highest BCUT2D eigenvalue weighted by atomic mass is 16.5. The number of aliphatic hydroxyl groups is 1. The fraction of sp³-hybridized carbons (Fsp3) is 0.600. The molecule has 0 aliphatic heterocycles. The largest absolute Gasteiger partial charge is 0.504 e. The van der Waals surface area contributed by atoms with E-state index in [-0.39, 0.29) is 17.3 Å². The molecule has 0 spiro atoms. The molecule has 2 N–H and O–H groups in total. The maximum Gasteiger partial charge on any atom is 0.161 e. The number of aliphatic hydroxyl groups excluding tert-OH is 1. The van der Waals surface area contributed by atoms with E-state index in [9.17, 15) is 10.2 Å². The standard InChI is InChI=1S/C20H26O3/c1-3-23-18-11-15-12(10-17(18)21)4-5-14-13(15)8-9-20(2)16(14)6-7-19(20)22/h4-5,10-11,13-14,16,19,21-22H,3,6-9H2,1-2H3/t13?,14?,16?,19-,20-/m0/s1. The lowest BCUT2D eigenvalue weighted by Crippen LogP contribution is -2.42. The van der Waals surface area contributed by atoms with Crippen LogP contribution in [0.1, 0.15) is 56.6 Å². The van der Waals surface area contributed by atoms with E-state index in [1.54, 1.807) is 0 Å². The van der Waals surface area contributed by atoms with Gasteiger partial charge in [0, 0.05) is 0 Å². The molecular weight excluding hydrogens is 288 g/mol. The van der Waals surface area contributed by atoms with E-state index >= 15 is 0 Å². The Hall–Kier alpha value is -1.48. The quantitative estimate of drug-likeness (QED) is 0.864. The third kappa shape index (κ3) is 2.13. The Morgan fingerprint density at radius 3 is 2.87 bits per heavy atom. The van der Waals surface area contributed by atoms with Crippen molar-refractivity contribution in [2.45, 2.75) is 51.6 Å². The molecular formula is C20H26O3. The van der Waals surface area contributed by atoms with E-state index < -0.39 is 0 Å². The summed E-state index contributed by atoms with van der Waals surface area (Å²) in [5.41, 5.74) is 2.50. The van der Waals surface area contributed by atoms with E-state index in [1.807, 2.05) is 19.1 Å². The molecule has 3 aliphatic carbocycles. The van der Waals surface area contributed by atoms with Gasteiger partial charge in [-0.05, 0) is 79.0 Å². The predicted octanol–water partition coefficient (Wildman–Crippen LogP) is 4.09. The van der Waals surface area contributed by atoms with Crippen molar-refractivity contribution in [3.63, 3.8) is 0 Å². The average molecular weight is 314 g/mol. The van der Waals surface area contributed by atoms with E-state index in [0.717, 1.165) is 31.2 Å². The van der Waals surface area contributed by atoms with E-state index in [4.69, 9.17) is 4.74 Å². The van der Waals surface area contributed by atoms with Crippen LogP contribution in [-0.4, -0.2) is 22.9 Å². The maximum absolute atomic E-state index is 10.4. The lowest BCUT2D eigenvalue weighted by Gasteiger charge is -2.48. The number of rotatable bonds is 2. The number of ether oxygens (including phenoxy) is 1. The first-order valence-corrected chi connectivity index (χ1v) is 8.90. The maximum atomic E-state index is 10.4. The van der Waals surface area contributed by atoms with Gasteiger partial charge < -0.3 is 14.9 Å². The highest BCUT2D eigenvalue weighted by Gasteiger charge is 2.53. The van der Waals surface area contributed by atoms with Crippen LogP contribution in [0.25, 0.3) is 6.08 Å². The highest BCUT2D eigenvalue weighted by molar-refractivity contribution is 5.64. The molecule has 5 atom stereocenters. The molecule has 4 rings (SSSR count). The molecule has 1 aromatic carbocycles. The van der Waals surface area contributed by atoms with Crippen molar-refractivity contribution in [1.29, 1.82) is 0 Å². The summed E-state index contributed by atoms with van der Waals surface area (Å²) in [7, 11) is 0. The van der Waals surface area contributed by atoms with Crippen LogP contribution < -0.4 is 4.74 Å². The number of phenolic OH excluding ortho intramolecular Hbond substituents is 1. The van der Waals surface area contributed by atoms with Gasteiger partial charge in [0.1, 0.15) is 0 Å². The smallest absolute Gasteiger partial charge is 0.161 e. The first-order chi connectivity index (χ1) is 11.0. The van der Waals surface area contributed by atoms with Gasteiger partial charge in [-0.15, -0.1) is 0 Å². The molecule has 3 nitrogen and oxygen atoms in total. The van der Waals surface area contributed by atoms with Crippen LogP contribution in [0.2, 0.25) is 0 Å². The third-order valence-corrected chi connectivity index (χ3v) is 6.64. The second-order valence-corrected chi connectivity index (χ2v) is 7.67. The van der Waals surface area contributed by atoms with Crippen molar-refractivity contribution < 1.29 is 14.9 Å². The molecule has 3 unspecified atom stereocenters. The summed E-state index contributed by atoms with van der Waals surface area (Å²) in [5, 5.41) is 20.6. The fourth-order valence-electron chi connectivity index (χ4n) is 5.35. The minimum atomic E-state index is -0.151. The Labute approximate surface area is 138 Å². The summed E-state index contributed by atoms with van der Waals surface area (Å²) in [6, 6.07) is 3.88.